The molecule has 4 rings (SSSR count). The Morgan fingerprint density at radius 2 is 1.52 bits per heavy atom. The molecule has 4 nitrogen and oxygen atoms in total. The highest BCUT2D eigenvalue weighted by atomic mass is 16.7. The number of nitrogens with one attached hydrogen (secondary N) is 1. The minimum absolute atomic E-state index is 0.000187. The fourth-order valence-electron chi connectivity index (χ4n) is 3.26. The van der Waals surface area contributed by atoms with Crippen molar-refractivity contribution < 1.29 is 14.3 Å². The molecule has 3 aromatic carbocycles. The molecule has 27 heavy (non-hydrogen) atoms. The highest BCUT2D eigenvalue weighted by molar-refractivity contribution is 5.79. The van der Waals surface area contributed by atoms with Crippen molar-refractivity contribution in [2.24, 2.45) is 0 Å². The van der Waals surface area contributed by atoms with Gasteiger partial charge >= 0.3 is 0 Å². The van der Waals surface area contributed by atoms with Gasteiger partial charge in [0.15, 0.2) is 11.5 Å². The molecule has 4 heteroatoms. The number of carbonyl (C=O) groups is 1. The van der Waals surface area contributed by atoms with Gasteiger partial charge < -0.3 is 14.8 Å². The van der Waals surface area contributed by atoms with Crippen molar-refractivity contribution in [3.8, 4) is 11.5 Å². The second-order valence-electron chi connectivity index (χ2n) is 6.58. The maximum Gasteiger partial charge on any atom is 0.231 e. The van der Waals surface area contributed by atoms with E-state index in [0.717, 1.165) is 22.6 Å². The number of amides is 1. The molecule has 0 aromatic heterocycles. The molecule has 1 amide bonds. The van der Waals surface area contributed by atoms with Gasteiger partial charge in [-0.05, 0) is 35.2 Å². The molecule has 1 aliphatic heterocycles. The van der Waals surface area contributed by atoms with Crippen LogP contribution in [0.15, 0.2) is 78.9 Å². The van der Waals surface area contributed by atoms with E-state index in [1.165, 1.54) is 5.56 Å². The van der Waals surface area contributed by atoms with Crippen molar-refractivity contribution in [1.29, 1.82) is 0 Å². The summed E-state index contributed by atoms with van der Waals surface area (Å²) in [5.74, 6) is 1.47. The minimum Gasteiger partial charge on any atom is -0.454 e. The number of ether oxygens (including phenoxy) is 2. The Hall–Kier alpha value is -3.27. The molecule has 1 aliphatic rings. The molecule has 0 saturated carbocycles. The molecule has 1 unspecified atom stereocenters. The number of fused-ring (bicyclic) bond motifs is 1. The molecule has 0 saturated heterocycles. The van der Waals surface area contributed by atoms with E-state index >= 15 is 0 Å². The molecular weight excluding hydrogens is 338 g/mol. The summed E-state index contributed by atoms with van der Waals surface area (Å²) in [6.07, 6.45) is 1.07. The summed E-state index contributed by atoms with van der Waals surface area (Å²) < 4.78 is 10.9. The van der Waals surface area contributed by atoms with Crippen molar-refractivity contribution in [3.63, 3.8) is 0 Å². The van der Waals surface area contributed by atoms with Gasteiger partial charge in [-0.2, -0.15) is 0 Å². The van der Waals surface area contributed by atoms with Crippen molar-refractivity contribution >= 4 is 5.91 Å². The number of carbonyl (C=O) groups excluding carboxylic acids is 1. The SMILES string of the molecule is O=C(Cc1ccccc1)NC(Cc1ccccc1)c1ccc2c(c1)OCO2. The topological polar surface area (TPSA) is 47.6 Å². The molecule has 0 aliphatic carbocycles. The molecule has 136 valence electrons. The van der Waals surface area contributed by atoms with Crippen molar-refractivity contribution in [3.05, 3.63) is 95.6 Å². The maximum atomic E-state index is 12.7. The van der Waals surface area contributed by atoms with E-state index < -0.39 is 0 Å². The van der Waals surface area contributed by atoms with Crippen LogP contribution in [-0.2, 0) is 17.6 Å². The minimum atomic E-state index is -0.141. The normalized spacial score (nSPS) is 13.2. The first-order valence-corrected chi connectivity index (χ1v) is 9.05. The van der Waals surface area contributed by atoms with Crippen LogP contribution in [0.4, 0.5) is 0 Å². The van der Waals surface area contributed by atoms with Crippen LogP contribution in [0, 0.1) is 0 Å². The molecule has 1 N–H and O–H groups in total. The molecular formula is C23H21NO3. The zero-order chi connectivity index (χ0) is 18.5. The van der Waals surface area contributed by atoms with Gasteiger partial charge in [-0.15, -0.1) is 0 Å². The first kappa shape index (κ1) is 17.2. The van der Waals surface area contributed by atoms with E-state index in [1.807, 2.05) is 66.7 Å². The number of hydrogen-bond acceptors (Lipinski definition) is 3. The average molecular weight is 359 g/mol. The first-order valence-electron chi connectivity index (χ1n) is 9.05. The Balaban J connectivity index is 1.55. The Morgan fingerprint density at radius 3 is 2.26 bits per heavy atom. The average Bonchev–Trinajstić information content (AvgIpc) is 3.17. The molecule has 0 fully saturated rings. The summed E-state index contributed by atoms with van der Waals surface area (Å²) in [5, 5.41) is 3.19. The van der Waals surface area contributed by atoms with Gasteiger partial charge in [0.25, 0.3) is 0 Å². The predicted octanol–water partition coefficient (Wildman–Crippen LogP) is 4.06. The Bertz CT molecular complexity index is 909. The number of benzene rings is 3. The summed E-state index contributed by atoms with van der Waals surface area (Å²) in [7, 11) is 0. The van der Waals surface area contributed by atoms with Crippen LogP contribution >= 0.6 is 0 Å². The van der Waals surface area contributed by atoms with Gasteiger partial charge in [0, 0.05) is 0 Å². The summed E-state index contributed by atoms with van der Waals surface area (Å²) >= 11 is 0. The van der Waals surface area contributed by atoms with Gasteiger partial charge in [0.2, 0.25) is 12.7 Å². The van der Waals surface area contributed by atoms with Crippen LogP contribution in [0.25, 0.3) is 0 Å². The number of rotatable bonds is 6. The summed E-state index contributed by atoms with van der Waals surface area (Å²) in [6.45, 7) is 0.239. The lowest BCUT2D eigenvalue weighted by molar-refractivity contribution is -0.121. The summed E-state index contributed by atoms with van der Waals surface area (Å²) in [4.78, 5) is 12.7. The third-order valence-corrected chi connectivity index (χ3v) is 4.62. The van der Waals surface area contributed by atoms with E-state index in [-0.39, 0.29) is 18.7 Å². The van der Waals surface area contributed by atoms with Crippen molar-refractivity contribution in [2.75, 3.05) is 6.79 Å². The molecule has 0 radical (unpaired) electrons. The molecule has 0 bridgehead atoms. The highest BCUT2D eigenvalue weighted by Crippen LogP contribution is 2.34. The molecule has 0 spiro atoms. The van der Waals surface area contributed by atoms with E-state index in [0.29, 0.717) is 12.8 Å². The summed E-state index contributed by atoms with van der Waals surface area (Å²) in [6, 6.07) is 25.6. The van der Waals surface area contributed by atoms with Gasteiger partial charge in [0.05, 0.1) is 12.5 Å². The van der Waals surface area contributed by atoms with Gasteiger partial charge in [-0.3, -0.25) is 4.79 Å². The van der Waals surface area contributed by atoms with Crippen molar-refractivity contribution in [2.45, 2.75) is 18.9 Å². The van der Waals surface area contributed by atoms with Gasteiger partial charge in [0.1, 0.15) is 0 Å². The standard InChI is InChI=1S/C23H21NO3/c25-23(14-18-9-5-2-6-10-18)24-20(13-17-7-3-1-4-8-17)19-11-12-21-22(15-19)27-16-26-21/h1-12,15,20H,13-14,16H2,(H,24,25). The van der Waals surface area contributed by atoms with E-state index in [2.05, 4.69) is 17.4 Å². The second kappa shape index (κ2) is 7.96. The fourth-order valence-corrected chi connectivity index (χ4v) is 3.26. The largest absolute Gasteiger partial charge is 0.454 e. The Labute approximate surface area is 158 Å². The molecule has 3 aromatic rings. The second-order valence-corrected chi connectivity index (χ2v) is 6.58. The zero-order valence-electron chi connectivity index (χ0n) is 14.9. The lowest BCUT2D eigenvalue weighted by Crippen LogP contribution is -2.31. The summed E-state index contributed by atoms with van der Waals surface area (Å²) in [5.41, 5.74) is 3.17. The third kappa shape index (κ3) is 4.29. The molecule has 1 atom stereocenters. The lowest BCUT2D eigenvalue weighted by Gasteiger charge is -2.20. The molecule has 1 heterocycles. The first-order chi connectivity index (χ1) is 13.3. The Kier molecular flexibility index (Phi) is 5.06. The third-order valence-electron chi connectivity index (χ3n) is 4.62. The Morgan fingerprint density at radius 1 is 0.852 bits per heavy atom. The van der Waals surface area contributed by atoms with Crippen LogP contribution < -0.4 is 14.8 Å². The monoisotopic (exact) mass is 359 g/mol. The zero-order valence-corrected chi connectivity index (χ0v) is 14.9. The van der Waals surface area contributed by atoms with Crippen LogP contribution in [0.3, 0.4) is 0 Å². The predicted molar refractivity (Wildman–Crippen MR) is 104 cm³/mol. The van der Waals surface area contributed by atoms with E-state index in [1.54, 1.807) is 0 Å². The van der Waals surface area contributed by atoms with E-state index in [4.69, 9.17) is 9.47 Å². The highest BCUT2D eigenvalue weighted by Gasteiger charge is 2.20. The van der Waals surface area contributed by atoms with E-state index in [9.17, 15) is 4.79 Å². The number of hydrogen-bond donors (Lipinski definition) is 1. The van der Waals surface area contributed by atoms with Crippen LogP contribution in [0.2, 0.25) is 0 Å². The fraction of sp³-hybridized carbons (Fsp3) is 0.174. The van der Waals surface area contributed by atoms with Gasteiger partial charge in [-0.25, -0.2) is 0 Å². The van der Waals surface area contributed by atoms with Crippen LogP contribution in [-0.4, -0.2) is 12.7 Å². The van der Waals surface area contributed by atoms with Crippen LogP contribution in [0.1, 0.15) is 22.7 Å². The van der Waals surface area contributed by atoms with Crippen molar-refractivity contribution in [1.82, 2.24) is 5.32 Å². The lowest BCUT2D eigenvalue weighted by atomic mass is 9.98. The quantitative estimate of drug-likeness (QED) is 0.722. The smallest absolute Gasteiger partial charge is 0.231 e. The van der Waals surface area contributed by atoms with Gasteiger partial charge in [-0.1, -0.05) is 66.7 Å². The maximum absolute atomic E-state index is 12.7. The van der Waals surface area contributed by atoms with Crippen LogP contribution in [0.5, 0.6) is 11.5 Å².